The van der Waals surface area contributed by atoms with Gasteiger partial charge in [0.15, 0.2) is 0 Å². The van der Waals surface area contributed by atoms with E-state index in [1.165, 1.54) is 36.5 Å². The standard InChI is InChI=1S/C22H17F4N3O3/c23-17-6-1-14(2-7-17)11-27-21(32)15-3-10-20(31)29(12-15)13-19(30)28-18-8-4-16(5-9-18)22(24,25)26/h1-10,12H,11,13H2,(H,27,32)(H,28,30). The second-order valence-electron chi connectivity index (χ2n) is 6.82. The number of rotatable bonds is 6. The average Bonchev–Trinajstić information content (AvgIpc) is 2.74. The third-order valence-corrected chi connectivity index (χ3v) is 4.42. The Morgan fingerprint density at radius 1 is 0.906 bits per heavy atom. The largest absolute Gasteiger partial charge is 0.416 e. The summed E-state index contributed by atoms with van der Waals surface area (Å²) in [4.78, 5) is 36.6. The number of nitrogens with zero attached hydrogens (tertiary/aromatic N) is 1. The maximum Gasteiger partial charge on any atom is 0.416 e. The highest BCUT2D eigenvalue weighted by Gasteiger charge is 2.30. The van der Waals surface area contributed by atoms with E-state index in [0.717, 1.165) is 34.9 Å². The van der Waals surface area contributed by atoms with Crippen molar-refractivity contribution in [3.8, 4) is 0 Å². The molecule has 0 aliphatic rings. The van der Waals surface area contributed by atoms with E-state index in [1.54, 1.807) is 0 Å². The zero-order valence-corrected chi connectivity index (χ0v) is 16.4. The van der Waals surface area contributed by atoms with Crippen LogP contribution in [-0.4, -0.2) is 16.4 Å². The van der Waals surface area contributed by atoms with Crippen molar-refractivity contribution in [2.45, 2.75) is 19.3 Å². The van der Waals surface area contributed by atoms with Crippen LogP contribution in [0.1, 0.15) is 21.5 Å². The maximum absolute atomic E-state index is 12.9. The van der Waals surface area contributed by atoms with Crippen LogP contribution in [0.15, 0.2) is 71.7 Å². The normalized spacial score (nSPS) is 11.1. The number of aromatic nitrogens is 1. The number of benzene rings is 2. The smallest absolute Gasteiger partial charge is 0.348 e. The average molecular weight is 447 g/mol. The number of carbonyl (C=O) groups is 2. The molecule has 1 aromatic heterocycles. The Morgan fingerprint density at radius 3 is 2.19 bits per heavy atom. The summed E-state index contributed by atoms with van der Waals surface area (Å²) in [6.45, 7) is -0.314. The van der Waals surface area contributed by atoms with Crippen LogP contribution in [0.25, 0.3) is 0 Å². The molecule has 0 aliphatic heterocycles. The van der Waals surface area contributed by atoms with Gasteiger partial charge in [0, 0.05) is 24.5 Å². The van der Waals surface area contributed by atoms with Crippen molar-refractivity contribution in [3.63, 3.8) is 0 Å². The minimum Gasteiger partial charge on any atom is -0.348 e. The van der Waals surface area contributed by atoms with Crippen LogP contribution >= 0.6 is 0 Å². The Bertz CT molecular complexity index is 1170. The summed E-state index contributed by atoms with van der Waals surface area (Å²) in [6.07, 6.45) is -3.29. The predicted molar refractivity (Wildman–Crippen MR) is 108 cm³/mol. The lowest BCUT2D eigenvalue weighted by Crippen LogP contribution is -2.29. The zero-order valence-electron chi connectivity index (χ0n) is 16.4. The topological polar surface area (TPSA) is 80.2 Å². The lowest BCUT2D eigenvalue weighted by atomic mass is 10.2. The molecular weight excluding hydrogens is 430 g/mol. The van der Waals surface area contributed by atoms with E-state index in [4.69, 9.17) is 0 Å². The Morgan fingerprint density at radius 2 is 1.56 bits per heavy atom. The molecule has 32 heavy (non-hydrogen) atoms. The highest BCUT2D eigenvalue weighted by molar-refractivity contribution is 5.94. The number of alkyl halides is 3. The molecule has 1 heterocycles. The molecule has 0 saturated heterocycles. The van der Waals surface area contributed by atoms with Crippen LogP contribution in [0.5, 0.6) is 0 Å². The van der Waals surface area contributed by atoms with Crippen molar-refractivity contribution in [2.24, 2.45) is 0 Å². The molecule has 0 fully saturated rings. The molecule has 2 aromatic carbocycles. The highest BCUT2D eigenvalue weighted by Crippen LogP contribution is 2.29. The summed E-state index contributed by atoms with van der Waals surface area (Å²) < 4.78 is 51.8. The Hall–Kier alpha value is -3.95. The lowest BCUT2D eigenvalue weighted by molar-refractivity contribution is -0.137. The van der Waals surface area contributed by atoms with E-state index >= 15 is 0 Å². The van der Waals surface area contributed by atoms with Gasteiger partial charge in [0.25, 0.3) is 11.5 Å². The molecule has 0 unspecified atom stereocenters. The van der Waals surface area contributed by atoms with E-state index in [2.05, 4.69) is 10.6 Å². The van der Waals surface area contributed by atoms with E-state index in [9.17, 15) is 31.9 Å². The Balaban J connectivity index is 1.63. The minimum absolute atomic E-state index is 0.119. The summed E-state index contributed by atoms with van der Waals surface area (Å²) in [5.74, 6) is -1.57. The summed E-state index contributed by atoms with van der Waals surface area (Å²) in [5, 5.41) is 5.02. The number of hydrogen-bond acceptors (Lipinski definition) is 3. The van der Waals surface area contributed by atoms with E-state index in [0.29, 0.717) is 5.56 Å². The third-order valence-electron chi connectivity index (χ3n) is 4.42. The van der Waals surface area contributed by atoms with Crippen LogP contribution in [-0.2, 0) is 24.1 Å². The molecule has 0 spiro atoms. The van der Waals surface area contributed by atoms with Gasteiger partial charge >= 0.3 is 6.18 Å². The van der Waals surface area contributed by atoms with Gasteiger partial charge in [-0.05, 0) is 48.0 Å². The number of carbonyl (C=O) groups excluding carboxylic acids is 2. The first-order valence-corrected chi connectivity index (χ1v) is 9.32. The van der Waals surface area contributed by atoms with Gasteiger partial charge in [-0.15, -0.1) is 0 Å². The second-order valence-corrected chi connectivity index (χ2v) is 6.82. The zero-order chi connectivity index (χ0) is 23.3. The van der Waals surface area contributed by atoms with Gasteiger partial charge in [0.2, 0.25) is 5.91 Å². The number of hydrogen-bond donors (Lipinski definition) is 2. The van der Waals surface area contributed by atoms with Crippen LogP contribution in [0.2, 0.25) is 0 Å². The fourth-order valence-electron chi connectivity index (χ4n) is 2.77. The predicted octanol–water partition coefficient (Wildman–Crippen LogP) is 3.57. The SMILES string of the molecule is O=C(Cn1cc(C(=O)NCc2ccc(F)cc2)ccc1=O)Nc1ccc(C(F)(F)F)cc1. The van der Waals surface area contributed by atoms with Crippen molar-refractivity contribution in [1.82, 2.24) is 9.88 Å². The molecule has 2 amide bonds. The van der Waals surface area contributed by atoms with Gasteiger partial charge < -0.3 is 15.2 Å². The molecule has 6 nitrogen and oxygen atoms in total. The Labute approximate surface area is 179 Å². The number of anilines is 1. The van der Waals surface area contributed by atoms with Crippen molar-refractivity contribution >= 4 is 17.5 Å². The fourth-order valence-corrected chi connectivity index (χ4v) is 2.77. The third kappa shape index (κ3) is 6.03. The highest BCUT2D eigenvalue weighted by atomic mass is 19.4. The van der Waals surface area contributed by atoms with Gasteiger partial charge in [-0.3, -0.25) is 14.4 Å². The summed E-state index contributed by atoms with van der Waals surface area (Å²) in [7, 11) is 0. The first kappa shape index (κ1) is 22.7. The second kappa shape index (κ2) is 9.46. The molecule has 3 aromatic rings. The maximum atomic E-state index is 12.9. The first-order chi connectivity index (χ1) is 15.1. The fraction of sp³-hybridized carbons (Fsp3) is 0.136. The van der Waals surface area contributed by atoms with Crippen LogP contribution in [0, 0.1) is 5.82 Å². The van der Waals surface area contributed by atoms with Crippen molar-refractivity contribution in [2.75, 3.05) is 5.32 Å². The number of nitrogens with one attached hydrogen (secondary N) is 2. The Kier molecular flexibility index (Phi) is 6.72. The molecule has 3 rings (SSSR count). The monoisotopic (exact) mass is 447 g/mol. The quantitative estimate of drug-likeness (QED) is 0.567. The summed E-state index contributed by atoms with van der Waals surface area (Å²) >= 11 is 0. The lowest BCUT2D eigenvalue weighted by Gasteiger charge is -2.11. The van der Waals surface area contributed by atoms with Crippen molar-refractivity contribution in [3.05, 3.63) is 99.7 Å². The summed E-state index contributed by atoms with van der Waals surface area (Å²) in [6, 6.07) is 11.8. The van der Waals surface area contributed by atoms with Crippen LogP contribution < -0.4 is 16.2 Å². The van der Waals surface area contributed by atoms with E-state index in [1.807, 2.05) is 0 Å². The van der Waals surface area contributed by atoms with Crippen molar-refractivity contribution in [1.29, 1.82) is 0 Å². The molecule has 10 heteroatoms. The van der Waals surface area contributed by atoms with Gasteiger partial charge in [-0.2, -0.15) is 13.2 Å². The molecule has 0 saturated carbocycles. The van der Waals surface area contributed by atoms with Crippen LogP contribution in [0.3, 0.4) is 0 Å². The molecule has 0 radical (unpaired) electrons. The number of halogens is 4. The van der Waals surface area contributed by atoms with E-state index < -0.39 is 41.5 Å². The minimum atomic E-state index is -4.49. The van der Waals surface area contributed by atoms with Gasteiger partial charge in [0.05, 0.1) is 11.1 Å². The molecule has 2 N–H and O–H groups in total. The molecule has 166 valence electrons. The van der Waals surface area contributed by atoms with Crippen LogP contribution in [0.4, 0.5) is 23.2 Å². The molecule has 0 bridgehead atoms. The molecule has 0 aliphatic carbocycles. The number of amides is 2. The molecule has 0 atom stereocenters. The number of pyridine rings is 1. The van der Waals surface area contributed by atoms with Gasteiger partial charge in [0.1, 0.15) is 12.4 Å². The van der Waals surface area contributed by atoms with Crippen molar-refractivity contribution < 1.29 is 27.2 Å². The first-order valence-electron chi connectivity index (χ1n) is 9.32. The van der Waals surface area contributed by atoms with Gasteiger partial charge in [-0.1, -0.05) is 12.1 Å². The summed E-state index contributed by atoms with van der Waals surface area (Å²) in [5.41, 5.74) is -0.476. The van der Waals surface area contributed by atoms with Gasteiger partial charge in [-0.25, -0.2) is 4.39 Å². The molecular formula is C22H17F4N3O3. The van der Waals surface area contributed by atoms with E-state index in [-0.39, 0.29) is 17.8 Å².